The summed E-state index contributed by atoms with van der Waals surface area (Å²) < 4.78 is 5.08. The highest BCUT2D eigenvalue weighted by Gasteiger charge is 2.23. The van der Waals surface area contributed by atoms with Gasteiger partial charge < -0.3 is 15.4 Å². The van der Waals surface area contributed by atoms with Crippen LogP contribution in [-0.2, 0) is 6.54 Å². The first-order chi connectivity index (χ1) is 10.7. The molecular weight excluding hydrogens is 278 g/mol. The molecule has 1 fully saturated rings. The topological polar surface area (TPSA) is 63.2 Å². The Bertz CT molecular complexity index is 651. The van der Waals surface area contributed by atoms with Gasteiger partial charge in [0.05, 0.1) is 7.11 Å². The third-order valence-corrected chi connectivity index (χ3v) is 3.67. The largest absolute Gasteiger partial charge is 0.497 e. The number of nitrogens with one attached hydrogen (secondary N) is 2. The van der Waals surface area contributed by atoms with Gasteiger partial charge in [0, 0.05) is 24.6 Å². The molecule has 5 heteroatoms. The van der Waals surface area contributed by atoms with Crippen LogP contribution in [0, 0.1) is 0 Å². The molecule has 1 aliphatic carbocycles. The molecule has 5 nitrogen and oxygen atoms in total. The fourth-order valence-corrected chi connectivity index (χ4v) is 2.28. The number of aromatic nitrogens is 1. The predicted molar refractivity (Wildman–Crippen MR) is 85.1 cm³/mol. The van der Waals surface area contributed by atoms with E-state index in [1.165, 1.54) is 18.4 Å². The fraction of sp³-hybridized carbons (Fsp3) is 0.294. The van der Waals surface area contributed by atoms with Crippen LogP contribution >= 0.6 is 0 Å². The van der Waals surface area contributed by atoms with Crippen LogP contribution < -0.4 is 15.4 Å². The molecule has 2 N–H and O–H groups in total. The Morgan fingerprint density at radius 3 is 2.73 bits per heavy atom. The number of nitrogens with zero attached hydrogens (tertiary/aromatic N) is 1. The van der Waals surface area contributed by atoms with Crippen molar-refractivity contribution in [2.24, 2.45) is 0 Å². The molecular formula is C17H19N3O2. The minimum atomic E-state index is -0.234. The van der Waals surface area contributed by atoms with Gasteiger partial charge in [-0.1, -0.05) is 6.07 Å². The van der Waals surface area contributed by atoms with E-state index in [2.05, 4.69) is 21.7 Å². The predicted octanol–water partition coefficient (Wildman–Crippen LogP) is 3.29. The van der Waals surface area contributed by atoms with Crippen molar-refractivity contribution < 1.29 is 9.53 Å². The van der Waals surface area contributed by atoms with Crippen LogP contribution in [0.1, 0.15) is 29.9 Å². The van der Waals surface area contributed by atoms with E-state index >= 15 is 0 Å². The van der Waals surface area contributed by atoms with Crippen molar-refractivity contribution in [3.8, 4) is 5.75 Å². The summed E-state index contributed by atoms with van der Waals surface area (Å²) in [7, 11) is 1.61. The van der Waals surface area contributed by atoms with Gasteiger partial charge in [-0.2, -0.15) is 0 Å². The standard InChI is InChI=1S/C17H19N3O2/c1-22-16-6-4-15(5-7-16)20-17(21)19-10-12-8-14(11-18-9-12)13-2-3-13/h4-9,11,13H,2-3,10H2,1H3,(H2,19,20,21). The maximum absolute atomic E-state index is 11.9. The molecule has 1 heterocycles. The highest BCUT2D eigenvalue weighted by molar-refractivity contribution is 5.89. The van der Waals surface area contributed by atoms with E-state index in [9.17, 15) is 4.79 Å². The lowest BCUT2D eigenvalue weighted by Gasteiger charge is -2.09. The van der Waals surface area contributed by atoms with Crippen LogP contribution in [0.2, 0.25) is 0 Å². The first-order valence-electron chi connectivity index (χ1n) is 7.37. The van der Waals surface area contributed by atoms with Crippen molar-refractivity contribution in [1.29, 1.82) is 0 Å². The Kier molecular flexibility index (Phi) is 4.23. The molecule has 2 amide bonds. The minimum Gasteiger partial charge on any atom is -0.497 e. The molecule has 1 saturated carbocycles. The third-order valence-electron chi connectivity index (χ3n) is 3.67. The second-order valence-corrected chi connectivity index (χ2v) is 5.44. The molecule has 1 aliphatic rings. The Hall–Kier alpha value is -2.56. The molecule has 0 radical (unpaired) electrons. The number of methoxy groups -OCH3 is 1. The average molecular weight is 297 g/mol. The van der Waals surface area contributed by atoms with Crippen molar-refractivity contribution >= 4 is 11.7 Å². The van der Waals surface area contributed by atoms with Crippen LogP contribution in [0.15, 0.2) is 42.7 Å². The van der Waals surface area contributed by atoms with Crippen LogP contribution in [0.5, 0.6) is 5.75 Å². The second-order valence-electron chi connectivity index (χ2n) is 5.44. The van der Waals surface area contributed by atoms with Crippen LogP contribution in [0.25, 0.3) is 0 Å². The average Bonchev–Trinajstić information content (AvgIpc) is 3.39. The first-order valence-corrected chi connectivity index (χ1v) is 7.37. The van der Waals surface area contributed by atoms with Crippen molar-refractivity contribution in [3.63, 3.8) is 0 Å². The number of urea groups is 1. The van der Waals surface area contributed by atoms with Gasteiger partial charge in [-0.05, 0) is 54.2 Å². The fourth-order valence-electron chi connectivity index (χ4n) is 2.28. The van der Waals surface area contributed by atoms with E-state index in [4.69, 9.17) is 4.74 Å². The zero-order valence-electron chi connectivity index (χ0n) is 12.5. The molecule has 0 bridgehead atoms. The summed E-state index contributed by atoms with van der Waals surface area (Å²) in [6.07, 6.45) is 6.20. The number of carbonyl (C=O) groups excluding carboxylic acids is 1. The number of amides is 2. The molecule has 0 spiro atoms. The van der Waals surface area contributed by atoms with E-state index in [0.717, 1.165) is 17.0 Å². The zero-order valence-corrected chi connectivity index (χ0v) is 12.5. The van der Waals surface area contributed by atoms with Crippen LogP contribution in [-0.4, -0.2) is 18.1 Å². The summed E-state index contributed by atoms with van der Waals surface area (Å²) in [5.74, 6) is 1.43. The number of benzene rings is 1. The maximum atomic E-state index is 11.9. The molecule has 3 rings (SSSR count). The summed E-state index contributed by atoms with van der Waals surface area (Å²) in [5, 5.41) is 5.63. The quantitative estimate of drug-likeness (QED) is 0.890. The van der Waals surface area contributed by atoms with Crippen molar-refractivity contribution in [3.05, 3.63) is 53.9 Å². The Labute approximate surface area is 129 Å². The van der Waals surface area contributed by atoms with E-state index in [1.54, 1.807) is 37.6 Å². The Morgan fingerprint density at radius 2 is 2.05 bits per heavy atom. The number of hydrogen-bond acceptors (Lipinski definition) is 3. The highest BCUT2D eigenvalue weighted by atomic mass is 16.5. The third kappa shape index (κ3) is 3.75. The van der Waals surface area contributed by atoms with Crippen molar-refractivity contribution in [1.82, 2.24) is 10.3 Å². The van der Waals surface area contributed by atoms with Crippen LogP contribution in [0.4, 0.5) is 10.5 Å². The van der Waals surface area contributed by atoms with Gasteiger partial charge in [-0.25, -0.2) is 4.79 Å². The molecule has 0 atom stereocenters. The highest BCUT2D eigenvalue weighted by Crippen LogP contribution is 2.39. The van der Waals surface area contributed by atoms with Gasteiger partial charge in [0.1, 0.15) is 5.75 Å². The molecule has 1 aromatic carbocycles. The molecule has 0 saturated heterocycles. The minimum absolute atomic E-state index is 0.234. The van der Waals surface area contributed by atoms with E-state index < -0.39 is 0 Å². The SMILES string of the molecule is COc1ccc(NC(=O)NCc2cncc(C3CC3)c2)cc1. The van der Waals surface area contributed by atoms with Crippen LogP contribution in [0.3, 0.4) is 0 Å². The summed E-state index contributed by atoms with van der Waals surface area (Å²) >= 11 is 0. The van der Waals surface area contributed by atoms with Gasteiger partial charge in [-0.15, -0.1) is 0 Å². The lowest BCUT2D eigenvalue weighted by molar-refractivity contribution is 0.251. The number of carbonyl (C=O) groups is 1. The zero-order chi connectivity index (χ0) is 15.4. The molecule has 114 valence electrons. The molecule has 2 aromatic rings. The van der Waals surface area contributed by atoms with Gasteiger partial charge in [0.15, 0.2) is 0 Å². The van der Waals surface area contributed by atoms with Gasteiger partial charge in [0.25, 0.3) is 0 Å². The molecule has 0 unspecified atom stereocenters. The lowest BCUT2D eigenvalue weighted by atomic mass is 10.1. The number of anilines is 1. The van der Waals surface area contributed by atoms with Crippen molar-refractivity contribution in [2.75, 3.05) is 12.4 Å². The maximum Gasteiger partial charge on any atom is 0.319 e. The molecule has 1 aromatic heterocycles. The van der Waals surface area contributed by atoms with Gasteiger partial charge in [-0.3, -0.25) is 4.98 Å². The van der Waals surface area contributed by atoms with E-state index in [0.29, 0.717) is 12.5 Å². The smallest absolute Gasteiger partial charge is 0.319 e. The summed E-state index contributed by atoms with van der Waals surface area (Å²) in [6, 6.07) is 9.10. The summed E-state index contributed by atoms with van der Waals surface area (Å²) in [6.45, 7) is 0.468. The normalized spacial score (nSPS) is 13.5. The van der Waals surface area contributed by atoms with E-state index in [1.807, 2.05) is 6.20 Å². The Balaban J connectivity index is 1.52. The second kappa shape index (κ2) is 6.47. The summed E-state index contributed by atoms with van der Waals surface area (Å²) in [5.41, 5.74) is 3.02. The lowest BCUT2D eigenvalue weighted by Crippen LogP contribution is -2.28. The molecule has 0 aliphatic heterocycles. The van der Waals surface area contributed by atoms with E-state index in [-0.39, 0.29) is 6.03 Å². The number of hydrogen-bond donors (Lipinski definition) is 2. The van der Waals surface area contributed by atoms with Gasteiger partial charge in [0.2, 0.25) is 0 Å². The number of ether oxygens (including phenoxy) is 1. The first kappa shape index (κ1) is 14.4. The van der Waals surface area contributed by atoms with Gasteiger partial charge >= 0.3 is 6.03 Å². The van der Waals surface area contributed by atoms with Crippen molar-refractivity contribution in [2.45, 2.75) is 25.3 Å². The Morgan fingerprint density at radius 1 is 1.27 bits per heavy atom. The molecule has 22 heavy (non-hydrogen) atoms. The summed E-state index contributed by atoms with van der Waals surface area (Å²) in [4.78, 5) is 16.1. The number of pyridine rings is 1. The monoisotopic (exact) mass is 297 g/mol. The number of rotatable bonds is 5.